The van der Waals surface area contributed by atoms with Gasteiger partial charge in [0.25, 0.3) is 0 Å². The summed E-state index contributed by atoms with van der Waals surface area (Å²) in [5, 5.41) is 8.75. The Morgan fingerprint density at radius 2 is 1.22 bits per heavy atom. The number of unbranched alkanes of at least 4 members (excludes halogenated alkanes) is 8. The van der Waals surface area contributed by atoms with Crippen LogP contribution in [0.5, 0.6) is 0 Å². The lowest BCUT2D eigenvalue weighted by Crippen LogP contribution is -2.32. The summed E-state index contributed by atoms with van der Waals surface area (Å²) < 4.78 is 6.05. The zero-order chi connectivity index (χ0) is 27.2. The first kappa shape index (κ1) is 34.9. The van der Waals surface area contributed by atoms with Gasteiger partial charge < -0.3 is 9.84 Å². The molecule has 0 aromatic rings. The fourth-order valence-corrected chi connectivity index (χ4v) is 5.53. The molecule has 0 radical (unpaired) electrons. The van der Waals surface area contributed by atoms with E-state index in [1.807, 2.05) is 0 Å². The van der Waals surface area contributed by atoms with Crippen LogP contribution in [0.2, 0.25) is 0 Å². The molecule has 0 aromatic heterocycles. The standard InChI is InChI=1S/C32H62O4/c1-7-11-20-27(9-3)24-30(32(35)36-25-28(10-4)21-12-8-2)29(26(5)6)22-18-16-14-13-15-17-19-23-31(33)34/h26-30H,7-25H2,1-6H3,(H,33,34). The largest absolute Gasteiger partial charge is 0.481 e. The molecule has 0 heterocycles. The number of rotatable bonds is 25. The molecular weight excluding hydrogens is 448 g/mol. The van der Waals surface area contributed by atoms with Gasteiger partial charge >= 0.3 is 11.9 Å². The first-order chi connectivity index (χ1) is 17.3. The molecular formula is C32H62O4. The van der Waals surface area contributed by atoms with Gasteiger partial charge in [-0.25, -0.2) is 0 Å². The van der Waals surface area contributed by atoms with E-state index in [1.54, 1.807) is 0 Å². The predicted molar refractivity (Wildman–Crippen MR) is 153 cm³/mol. The second-order valence-electron chi connectivity index (χ2n) is 11.6. The number of ether oxygens (including phenoxy) is 1. The zero-order valence-electron chi connectivity index (χ0n) is 25.0. The highest BCUT2D eigenvalue weighted by atomic mass is 16.5. The number of aliphatic carboxylic acids is 1. The number of hydrogen-bond acceptors (Lipinski definition) is 3. The van der Waals surface area contributed by atoms with Crippen LogP contribution in [0.15, 0.2) is 0 Å². The van der Waals surface area contributed by atoms with Gasteiger partial charge in [-0.3, -0.25) is 9.59 Å². The van der Waals surface area contributed by atoms with Gasteiger partial charge in [-0.05, 0) is 49.4 Å². The van der Waals surface area contributed by atoms with E-state index in [1.165, 1.54) is 57.8 Å². The summed E-state index contributed by atoms with van der Waals surface area (Å²) in [4.78, 5) is 24.2. The number of carboxylic acids is 1. The normalized spacial score (nSPS) is 15.0. The molecule has 0 aliphatic carbocycles. The molecule has 0 aliphatic heterocycles. The fourth-order valence-electron chi connectivity index (χ4n) is 5.53. The summed E-state index contributed by atoms with van der Waals surface area (Å²) in [6, 6.07) is 0. The molecule has 0 saturated heterocycles. The maximum absolute atomic E-state index is 13.5. The minimum Gasteiger partial charge on any atom is -0.481 e. The molecule has 0 fully saturated rings. The Morgan fingerprint density at radius 3 is 1.72 bits per heavy atom. The van der Waals surface area contributed by atoms with Crippen molar-refractivity contribution in [1.29, 1.82) is 0 Å². The molecule has 4 atom stereocenters. The van der Waals surface area contributed by atoms with Crippen LogP contribution in [0.1, 0.15) is 157 Å². The van der Waals surface area contributed by atoms with Crippen LogP contribution in [0.3, 0.4) is 0 Å². The Kier molecular flexibility index (Phi) is 22.4. The number of carboxylic acid groups (broad SMARTS) is 1. The lowest BCUT2D eigenvalue weighted by Gasteiger charge is -2.32. The number of esters is 1. The van der Waals surface area contributed by atoms with E-state index in [2.05, 4.69) is 41.5 Å². The van der Waals surface area contributed by atoms with Crippen molar-refractivity contribution in [3.05, 3.63) is 0 Å². The Morgan fingerprint density at radius 1 is 0.694 bits per heavy atom. The summed E-state index contributed by atoms with van der Waals surface area (Å²) in [7, 11) is 0. The maximum atomic E-state index is 13.5. The topological polar surface area (TPSA) is 63.6 Å². The van der Waals surface area contributed by atoms with Crippen LogP contribution < -0.4 is 0 Å². The molecule has 214 valence electrons. The third-order valence-corrected chi connectivity index (χ3v) is 8.24. The molecule has 0 aromatic carbocycles. The second-order valence-corrected chi connectivity index (χ2v) is 11.6. The number of carbonyl (C=O) groups excluding carboxylic acids is 1. The molecule has 0 spiro atoms. The van der Waals surface area contributed by atoms with Crippen LogP contribution in [0.4, 0.5) is 0 Å². The smallest absolute Gasteiger partial charge is 0.309 e. The average molecular weight is 511 g/mol. The molecule has 0 saturated carbocycles. The van der Waals surface area contributed by atoms with Crippen molar-refractivity contribution in [2.75, 3.05) is 6.61 Å². The molecule has 0 bridgehead atoms. The highest BCUT2D eigenvalue weighted by Crippen LogP contribution is 2.35. The molecule has 1 N–H and O–H groups in total. The van der Waals surface area contributed by atoms with Gasteiger partial charge in [-0.15, -0.1) is 0 Å². The molecule has 0 amide bonds. The molecule has 36 heavy (non-hydrogen) atoms. The van der Waals surface area contributed by atoms with E-state index in [-0.39, 0.29) is 11.9 Å². The van der Waals surface area contributed by atoms with Crippen molar-refractivity contribution in [2.45, 2.75) is 157 Å². The van der Waals surface area contributed by atoms with Crippen LogP contribution in [-0.4, -0.2) is 23.7 Å². The lowest BCUT2D eigenvalue weighted by atomic mass is 9.74. The van der Waals surface area contributed by atoms with Crippen molar-refractivity contribution >= 4 is 11.9 Å². The van der Waals surface area contributed by atoms with Gasteiger partial charge in [0.2, 0.25) is 0 Å². The molecule has 0 rings (SSSR count). The van der Waals surface area contributed by atoms with Crippen molar-refractivity contribution in [2.24, 2.45) is 29.6 Å². The number of carbonyl (C=O) groups is 2. The Balaban J connectivity index is 4.99. The summed E-state index contributed by atoms with van der Waals surface area (Å²) in [6.45, 7) is 14.1. The van der Waals surface area contributed by atoms with E-state index in [0.29, 0.717) is 36.7 Å². The zero-order valence-corrected chi connectivity index (χ0v) is 25.0. The van der Waals surface area contributed by atoms with Crippen molar-refractivity contribution in [3.8, 4) is 0 Å². The molecule has 4 nitrogen and oxygen atoms in total. The van der Waals surface area contributed by atoms with Gasteiger partial charge in [0, 0.05) is 6.42 Å². The van der Waals surface area contributed by atoms with Gasteiger partial charge in [-0.1, -0.05) is 125 Å². The van der Waals surface area contributed by atoms with Gasteiger partial charge in [0.15, 0.2) is 0 Å². The fraction of sp³-hybridized carbons (Fsp3) is 0.938. The minimum atomic E-state index is -0.686. The first-order valence-electron chi connectivity index (χ1n) is 15.7. The summed E-state index contributed by atoms with van der Waals surface area (Å²) in [5.41, 5.74) is 0. The van der Waals surface area contributed by atoms with E-state index >= 15 is 0 Å². The van der Waals surface area contributed by atoms with Gasteiger partial charge in [0.1, 0.15) is 0 Å². The van der Waals surface area contributed by atoms with Crippen LogP contribution in [-0.2, 0) is 14.3 Å². The quantitative estimate of drug-likeness (QED) is 0.0980. The Labute approximate surface area is 224 Å². The molecule has 4 heteroatoms. The third-order valence-electron chi connectivity index (χ3n) is 8.24. The van der Waals surface area contributed by atoms with Gasteiger partial charge in [-0.2, -0.15) is 0 Å². The lowest BCUT2D eigenvalue weighted by molar-refractivity contribution is -0.154. The Hall–Kier alpha value is -1.06. The monoisotopic (exact) mass is 510 g/mol. The van der Waals surface area contributed by atoms with Crippen LogP contribution in [0, 0.1) is 29.6 Å². The summed E-state index contributed by atoms with van der Waals surface area (Å²) in [6.07, 6.45) is 19.5. The van der Waals surface area contributed by atoms with Crippen molar-refractivity contribution in [1.82, 2.24) is 0 Å². The SMILES string of the molecule is CCCCC(CC)COC(=O)C(CC(CC)CCCC)C(CCCCCCCCCC(=O)O)C(C)C. The highest BCUT2D eigenvalue weighted by molar-refractivity contribution is 5.72. The maximum Gasteiger partial charge on any atom is 0.309 e. The predicted octanol–water partition coefficient (Wildman–Crippen LogP) is 9.84. The van der Waals surface area contributed by atoms with Crippen LogP contribution in [0.25, 0.3) is 0 Å². The molecule has 0 aliphatic rings. The Bertz CT molecular complexity index is 530. The van der Waals surface area contributed by atoms with Gasteiger partial charge in [0.05, 0.1) is 12.5 Å². The number of hydrogen-bond donors (Lipinski definition) is 1. The summed E-state index contributed by atoms with van der Waals surface area (Å²) >= 11 is 0. The van der Waals surface area contributed by atoms with E-state index in [4.69, 9.17) is 9.84 Å². The van der Waals surface area contributed by atoms with E-state index in [0.717, 1.165) is 51.4 Å². The summed E-state index contributed by atoms with van der Waals surface area (Å²) in [5.74, 6) is 1.36. The average Bonchev–Trinajstić information content (AvgIpc) is 2.85. The highest BCUT2D eigenvalue weighted by Gasteiger charge is 2.33. The third kappa shape index (κ3) is 17.4. The van der Waals surface area contributed by atoms with Crippen LogP contribution >= 0.6 is 0 Å². The van der Waals surface area contributed by atoms with E-state index in [9.17, 15) is 9.59 Å². The van der Waals surface area contributed by atoms with E-state index < -0.39 is 5.97 Å². The minimum absolute atomic E-state index is 0.0199. The van der Waals surface area contributed by atoms with Crippen molar-refractivity contribution in [3.63, 3.8) is 0 Å². The second kappa shape index (κ2) is 23.1. The van der Waals surface area contributed by atoms with Crippen molar-refractivity contribution < 1.29 is 19.4 Å². The first-order valence-corrected chi connectivity index (χ1v) is 15.7. The molecule has 4 unspecified atom stereocenters.